The number of nitrogens with one attached hydrogen (secondary N) is 1. The molecule has 0 unspecified atom stereocenters. The molecule has 0 aliphatic carbocycles. The van der Waals surface area contributed by atoms with Crippen molar-refractivity contribution in [2.24, 2.45) is 0 Å². The van der Waals surface area contributed by atoms with Crippen LogP contribution in [-0.2, 0) is 6.42 Å². The molecule has 5 heteroatoms. The van der Waals surface area contributed by atoms with Gasteiger partial charge < -0.3 is 4.98 Å². The molecule has 1 heterocycles. The predicted molar refractivity (Wildman–Crippen MR) is 82.8 cm³/mol. The summed E-state index contributed by atoms with van der Waals surface area (Å²) in [6.07, 6.45) is 1.48. The minimum absolute atomic E-state index is 0.107. The number of rotatable bonds is 3. The SMILES string of the molecule is O=C(Cc1c(F)cccc1Cl)c1c[nH]c2cccc(Cl)c12. The van der Waals surface area contributed by atoms with Crippen molar-refractivity contribution in [2.75, 3.05) is 0 Å². The van der Waals surface area contributed by atoms with Crippen molar-refractivity contribution in [1.82, 2.24) is 4.98 Å². The molecule has 0 saturated carbocycles. The average molecular weight is 322 g/mol. The number of H-pyrrole nitrogens is 1. The van der Waals surface area contributed by atoms with E-state index in [9.17, 15) is 9.18 Å². The molecule has 0 amide bonds. The number of hydrogen-bond donors (Lipinski definition) is 1. The summed E-state index contributed by atoms with van der Waals surface area (Å²) in [5, 5.41) is 1.38. The molecule has 1 aromatic heterocycles. The van der Waals surface area contributed by atoms with Gasteiger partial charge in [-0.2, -0.15) is 0 Å². The first-order valence-electron chi connectivity index (χ1n) is 6.29. The number of hydrogen-bond acceptors (Lipinski definition) is 1. The summed E-state index contributed by atoms with van der Waals surface area (Å²) in [4.78, 5) is 15.4. The second-order valence-corrected chi connectivity index (χ2v) is 5.48. The van der Waals surface area contributed by atoms with Gasteiger partial charge in [0.1, 0.15) is 5.82 Å². The summed E-state index contributed by atoms with van der Waals surface area (Å²) in [6.45, 7) is 0. The Balaban J connectivity index is 2.02. The van der Waals surface area contributed by atoms with Gasteiger partial charge in [0.15, 0.2) is 5.78 Å². The molecule has 0 spiro atoms. The maximum absolute atomic E-state index is 13.8. The summed E-state index contributed by atoms with van der Waals surface area (Å²) >= 11 is 12.1. The van der Waals surface area contributed by atoms with E-state index >= 15 is 0 Å². The summed E-state index contributed by atoms with van der Waals surface area (Å²) in [5.41, 5.74) is 1.41. The number of benzene rings is 2. The third kappa shape index (κ3) is 2.55. The van der Waals surface area contributed by atoms with Gasteiger partial charge in [-0.25, -0.2) is 4.39 Å². The Labute approximate surface area is 130 Å². The predicted octanol–water partition coefficient (Wildman–Crippen LogP) is 5.04. The van der Waals surface area contributed by atoms with E-state index in [1.54, 1.807) is 24.4 Å². The maximum atomic E-state index is 13.8. The van der Waals surface area contributed by atoms with Gasteiger partial charge in [0.25, 0.3) is 0 Å². The van der Waals surface area contributed by atoms with Gasteiger partial charge in [0.05, 0.1) is 5.02 Å². The number of aromatic nitrogens is 1. The van der Waals surface area contributed by atoms with Crippen LogP contribution in [0.1, 0.15) is 15.9 Å². The van der Waals surface area contributed by atoms with Gasteiger partial charge in [-0.3, -0.25) is 4.79 Å². The summed E-state index contributed by atoms with van der Waals surface area (Å²) in [6, 6.07) is 9.70. The van der Waals surface area contributed by atoms with Gasteiger partial charge >= 0.3 is 0 Å². The van der Waals surface area contributed by atoms with Crippen LogP contribution in [0.25, 0.3) is 10.9 Å². The van der Waals surface area contributed by atoms with Crippen molar-refractivity contribution >= 4 is 39.9 Å². The molecule has 0 atom stereocenters. The first kappa shape index (κ1) is 14.1. The van der Waals surface area contributed by atoms with Crippen LogP contribution in [0.3, 0.4) is 0 Å². The molecule has 3 rings (SSSR count). The number of carbonyl (C=O) groups excluding carboxylic acids is 1. The lowest BCUT2D eigenvalue weighted by Crippen LogP contribution is -2.05. The van der Waals surface area contributed by atoms with Gasteiger partial charge in [-0.05, 0) is 24.3 Å². The fourth-order valence-corrected chi connectivity index (χ4v) is 2.82. The lowest BCUT2D eigenvalue weighted by atomic mass is 10.0. The van der Waals surface area contributed by atoms with Crippen LogP contribution in [0.5, 0.6) is 0 Å². The van der Waals surface area contributed by atoms with E-state index in [2.05, 4.69) is 4.98 Å². The van der Waals surface area contributed by atoms with E-state index in [4.69, 9.17) is 23.2 Å². The third-order valence-electron chi connectivity index (χ3n) is 3.35. The van der Waals surface area contributed by atoms with Crippen LogP contribution < -0.4 is 0 Å². The standard InChI is InChI=1S/C16H10Cl2FNO/c17-11-3-1-5-13(19)9(11)7-15(21)10-8-20-14-6-2-4-12(18)16(10)14/h1-6,8,20H,7H2. The molecule has 0 fully saturated rings. The average Bonchev–Trinajstić information content (AvgIpc) is 2.88. The number of fused-ring (bicyclic) bond motifs is 1. The number of halogens is 3. The Kier molecular flexibility index (Phi) is 3.70. The first-order valence-corrected chi connectivity index (χ1v) is 7.05. The minimum Gasteiger partial charge on any atom is -0.360 e. The second-order valence-electron chi connectivity index (χ2n) is 4.66. The summed E-state index contributed by atoms with van der Waals surface area (Å²) in [7, 11) is 0. The van der Waals surface area contributed by atoms with Crippen LogP contribution in [0.4, 0.5) is 4.39 Å². The molecular weight excluding hydrogens is 312 g/mol. The fraction of sp³-hybridized carbons (Fsp3) is 0.0625. The normalized spacial score (nSPS) is 11.0. The first-order chi connectivity index (χ1) is 10.1. The molecule has 1 N–H and O–H groups in total. The van der Waals surface area contributed by atoms with E-state index in [1.807, 2.05) is 6.07 Å². The summed E-state index contributed by atoms with van der Waals surface area (Å²) in [5.74, 6) is -0.719. The zero-order chi connectivity index (χ0) is 15.0. The second kappa shape index (κ2) is 5.51. The Morgan fingerprint density at radius 2 is 1.81 bits per heavy atom. The smallest absolute Gasteiger partial charge is 0.169 e. The quantitative estimate of drug-likeness (QED) is 0.673. The number of aromatic amines is 1. The largest absolute Gasteiger partial charge is 0.360 e. The molecule has 2 aromatic carbocycles. The van der Waals surface area contributed by atoms with Crippen molar-refractivity contribution in [3.8, 4) is 0 Å². The van der Waals surface area contributed by atoms with E-state index in [1.165, 1.54) is 12.1 Å². The number of carbonyl (C=O) groups is 1. The Morgan fingerprint density at radius 3 is 2.57 bits per heavy atom. The van der Waals surface area contributed by atoms with Crippen molar-refractivity contribution in [2.45, 2.75) is 6.42 Å². The van der Waals surface area contributed by atoms with Gasteiger partial charge in [0.2, 0.25) is 0 Å². The third-order valence-corrected chi connectivity index (χ3v) is 4.02. The van der Waals surface area contributed by atoms with Crippen molar-refractivity contribution < 1.29 is 9.18 Å². The number of ketones is 1. The van der Waals surface area contributed by atoms with Crippen LogP contribution in [0, 0.1) is 5.82 Å². The van der Waals surface area contributed by atoms with Gasteiger partial charge in [-0.15, -0.1) is 0 Å². The van der Waals surface area contributed by atoms with Crippen molar-refractivity contribution in [3.05, 3.63) is 69.6 Å². The summed E-state index contributed by atoms with van der Waals surface area (Å²) < 4.78 is 13.8. The van der Waals surface area contributed by atoms with Crippen LogP contribution in [0.2, 0.25) is 10.0 Å². The molecule has 0 saturated heterocycles. The number of Topliss-reactive ketones (excluding diaryl/α,β-unsaturated/α-hetero) is 1. The molecule has 21 heavy (non-hydrogen) atoms. The highest BCUT2D eigenvalue weighted by Crippen LogP contribution is 2.28. The Hall–Kier alpha value is -1.84. The van der Waals surface area contributed by atoms with Crippen LogP contribution in [0.15, 0.2) is 42.6 Å². The van der Waals surface area contributed by atoms with E-state index < -0.39 is 5.82 Å². The van der Waals surface area contributed by atoms with Gasteiger partial charge in [-0.1, -0.05) is 35.3 Å². The minimum atomic E-state index is -0.484. The Bertz CT molecular complexity index is 821. The molecule has 0 aliphatic heterocycles. The van der Waals surface area contributed by atoms with E-state index in [0.717, 1.165) is 5.52 Å². The lowest BCUT2D eigenvalue weighted by Gasteiger charge is -2.05. The van der Waals surface area contributed by atoms with Gasteiger partial charge in [0, 0.05) is 39.7 Å². The van der Waals surface area contributed by atoms with E-state index in [0.29, 0.717) is 16.0 Å². The van der Waals surface area contributed by atoms with E-state index in [-0.39, 0.29) is 22.8 Å². The molecule has 106 valence electrons. The fourth-order valence-electron chi connectivity index (χ4n) is 2.32. The molecule has 0 aliphatic rings. The topological polar surface area (TPSA) is 32.9 Å². The highest BCUT2D eigenvalue weighted by molar-refractivity contribution is 6.37. The maximum Gasteiger partial charge on any atom is 0.169 e. The van der Waals surface area contributed by atoms with Crippen molar-refractivity contribution in [1.29, 1.82) is 0 Å². The van der Waals surface area contributed by atoms with Crippen molar-refractivity contribution in [3.63, 3.8) is 0 Å². The van der Waals surface area contributed by atoms with Crippen LogP contribution >= 0.6 is 23.2 Å². The Morgan fingerprint density at radius 1 is 1.10 bits per heavy atom. The lowest BCUT2D eigenvalue weighted by molar-refractivity contribution is 0.0993. The molecule has 0 radical (unpaired) electrons. The molecule has 3 aromatic rings. The monoisotopic (exact) mass is 321 g/mol. The zero-order valence-electron chi connectivity index (χ0n) is 10.8. The zero-order valence-corrected chi connectivity index (χ0v) is 12.3. The molecule has 2 nitrogen and oxygen atoms in total. The van der Waals surface area contributed by atoms with Crippen LogP contribution in [-0.4, -0.2) is 10.8 Å². The highest BCUT2D eigenvalue weighted by Gasteiger charge is 2.18. The molecular formula is C16H10Cl2FNO. The highest BCUT2D eigenvalue weighted by atomic mass is 35.5. The molecule has 0 bridgehead atoms.